The smallest absolute Gasteiger partial charge is 0.131 e. The van der Waals surface area contributed by atoms with Gasteiger partial charge in [0.1, 0.15) is 18.2 Å². The van der Waals surface area contributed by atoms with Crippen LogP contribution >= 0.6 is 11.3 Å². The first-order valence-electron chi connectivity index (χ1n) is 5.67. The zero-order chi connectivity index (χ0) is 13.0. The number of ether oxygens (including phenoxy) is 1. The van der Waals surface area contributed by atoms with E-state index in [4.69, 9.17) is 4.74 Å². The third-order valence-electron chi connectivity index (χ3n) is 2.73. The Balaban J connectivity index is 2.17. The maximum absolute atomic E-state index is 13.3. The number of hydrogen-bond acceptors (Lipinski definition) is 4. The fourth-order valence-electron chi connectivity index (χ4n) is 1.61. The fourth-order valence-corrected chi connectivity index (χ4v) is 2.15. The second-order valence-corrected chi connectivity index (χ2v) is 4.68. The zero-order valence-corrected chi connectivity index (χ0v) is 11.1. The molecule has 0 aliphatic carbocycles. The minimum Gasteiger partial charge on any atom is -0.487 e. The van der Waals surface area contributed by atoms with Crippen LogP contribution in [-0.2, 0) is 6.61 Å². The summed E-state index contributed by atoms with van der Waals surface area (Å²) < 4.78 is 18.9. The Kier molecular flexibility index (Phi) is 4.28. The molecule has 1 heterocycles. The molecule has 96 valence electrons. The van der Waals surface area contributed by atoms with Crippen molar-refractivity contribution >= 4 is 11.3 Å². The summed E-state index contributed by atoms with van der Waals surface area (Å²) in [5.74, 6) is 0.264. The average Bonchev–Trinajstić information content (AvgIpc) is 2.88. The number of aromatic nitrogens is 1. The molecule has 0 fully saturated rings. The van der Waals surface area contributed by atoms with Gasteiger partial charge in [-0.05, 0) is 20.0 Å². The van der Waals surface area contributed by atoms with Crippen LogP contribution in [0.5, 0.6) is 5.75 Å². The Labute approximate surface area is 110 Å². The predicted octanol–water partition coefficient (Wildman–Crippen LogP) is 3.14. The van der Waals surface area contributed by atoms with Gasteiger partial charge in [-0.25, -0.2) is 9.37 Å². The highest BCUT2D eigenvalue weighted by molar-refractivity contribution is 7.07. The van der Waals surface area contributed by atoms with Crippen LogP contribution in [0, 0.1) is 5.82 Å². The van der Waals surface area contributed by atoms with E-state index in [2.05, 4.69) is 10.3 Å². The van der Waals surface area contributed by atoms with E-state index in [-0.39, 0.29) is 11.9 Å². The van der Waals surface area contributed by atoms with Crippen LogP contribution in [0.15, 0.2) is 29.1 Å². The minimum absolute atomic E-state index is 0.107. The van der Waals surface area contributed by atoms with Gasteiger partial charge in [-0.2, -0.15) is 0 Å². The Bertz CT molecular complexity index is 502. The summed E-state index contributed by atoms with van der Waals surface area (Å²) >= 11 is 1.52. The molecule has 0 aliphatic heterocycles. The van der Waals surface area contributed by atoms with Crippen LogP contribution in [0.25, 0.3) is 0 Å². The van der Waals surface area contributed by atoms with E-state index < -0.39 is 0 Å². The molecule has 5 heteroatoms. The van der Waals surface area contributed by atoms with Crippen LogP contribution in [-0.4, -0.2) is 12.0 Å². The van der Waals surface area contributed by atoms with E-state index in [1.807, 2.05) is 19.4 Å². The summed E-state index contributed by atoms with van der Waals surface area (Å²) in [6.07, 6.45) is 0. The largest absolute Gasteiger partial charge is 0.487 e. The van der Waals surface area contributed by atoms with Gasteiger partial charge < -0.3 is 10.1 Å². The highest BCUT2D eigenvalue weighted by Crippen LogP contribution is 2.26. The van der Waals surface area contributed by atoms with Crippen molar-refractivity contribution in [2.75, 3.05) is 7.05 Å². The molecule has 1 N–H and O–H groups in total. The molecule has 2 aromatic rings. The molecule has 0 radical (unpaired) electrons. The van der Waals surface area contributed by atoms with Crippen molar-refractivity contribution in [1.29, 1.82) is 0 Å². The summed E-state index contributed by atoms with van der Waals surface area (Å²) in [5, 5.41) is 5.04. The van der Waals surface area contributed by atoms with E-state index in [1.165, 1.54) is 23.5 Å². The first-order chi connectivity index (χ1) is 8.70. The molecule has 1 unspecified atom stereocenters. The van der Waals surface area contributed by atoms with Gasteiger partial charge in [0.25, 0.3) is 0 Å². The monoisotopic (exact) mass is 266 g/mol. The van der Waals surface area contributed by atoms with Gasteiger partial charge in [-0.15, -0.1) is 11.3 Å². The zero-order valence-electron chi connectivity index (χ0n) is 10.3. The highest BCUT2D eigenvalue weighted by atomic mass is 32.1. The van der Waals surface area contributed by atoms with Crippen molar-refractivity contribution in [1.82, 2.24) is 10.3 Å². The Morgan fingerprint density at radius 1 is 1.50 bits per heavy atom. The maximum atomic E-state index is 13.3. The summed E-state index contributed by atoms with van der Waals surface area (Å²) in [5.41, 5.74) is 3.54. The van der Waals surface area contributed by atoms with Crippen molar-refractivity contribution in [3.63, 3.8) is 0 Å². The van der Waals surface area contributed by atoms with Gasteiger partial charge >= 0.3 is 0 Å². The van der Waals surface area contributed by atoms with Crippen molar-refractivity contribution in [2.45, 2.75) is 19.6 Å². The summed E-state index contributed by atoms with van der Waals surface area (Å²) in [6.45, 7) is 2.36. The molecule has 0 amide bonds. The molecule has 1 aromatic carbocycles. The fraction of sp³-hybridized carbons (Fsp3) is 0.308. The van der Waals surface area contributed by atoms with E-state index in [1.54, 1.807) is 11.6 Å². The molecular formula is C13H15FN2OS. The normalized spacial score (nSPS) is 12.4. The first kappa shape index (κ1) is 13.0. The second-order valence-electron chi connectivity index (χ2n) is 3.96. The number of hydrogen-bond donors (Lipinski definition) is 1. The van der Waals surface area contributed by atoms with Gasteiger partial charge in [0.2, 0.25) is 0 Å². The third kappa shape index (κ3) is 3.05. The summed E-state index contributed by atoms with van der Waals surface area (Å²) in [6, 6.07) is 4.71. The number of benzene rings is 1. The van der Waals surface area contributed by atoms with Crippen molar-refractivity contribution in [3.8, 4) is 5.75 Å². The molecule has 1 aromatic heterocycles. The third-order valence-corrected chi connectivity index (χ3v) is 3.37. The standard InChI is InChI=1S/C13H15FN2OS/c1-9(15-2)12-4-3-10(14)5-13(12)17-6-11-7-18-8-16-11/h3-5,7-9,15H,6H2,1-2H3. The lowest BCUT2D eigenvalue weighted by Gasteiger charge is -2.16. The van der Waals surface area contributed by atoms with Crippen LogP contribution in [0.1, 0.15) is 24.2 Å². The minimum atomic E-state index is -0.296. The molecule has 1 atom stereocenters. The number of thiazole rings is 1. The molecule has 18 heavy (non-hydrogen) atoms. The van der Waals surface area contributed by atoms with Gasteiger partial charge in [-0.3, -0.25) is 0 Å². The van der Waals surface area contributed by atoms with Gasteiger partial charge in [0.15, 0.2) is 0 Å². The molecular weight excluding hydrogens is 251 g/mol. The number of nitrogens with zero attached hydrogens (tertiary/aromatic N) is 1. The highest BCUT2D eigenvalue weighted by Gasteiger charge is 2.11. The molecule has 0 spiro atoms. The van der Waals surface area contributed by atoms with E-state index in [0.29, 0.717) is 12.4 Å². The van der Waals surface area contributed by atoms with Crippen LogP contribution in [0.2, 0.25) is 0 Å². The lowest BCUT2D eigenvalue weighted by atomic mass is 10.1. The van der Waals surface area contributed by atoms with Gasteiger partial charge in [0.05, 0.1) is 11.2 Å². The lowest BCUT2D eigenvalue weighted by Crippen LogP contribution is -2.14. The van der Waals surface area contributed by atoms with Crippen molar-refractivity contribution in [2.24, 2.45) is 0 Å². The van der Waals surface area contributed by atoms with E-state index in [0.717, 1.165) is 11.3 Å². The molecule has 2 rings (SSSR count). The van der Waals surface area contributed by atoms with Crippen LogP contribution < -0.4 is 10.1 Å². The summed E-state index contributed by atoms with van der Waals surface area (Å²) in [7, 11) is 1.86. The van der Waals surface area contributed by atoms with Gasteiger partial charge in [0, 0.05) is 23.1 Å². The van der Waals surface area contributed by atoms with Crippen LogP contribution in [0.4, 0.5) is 4.39 Å². The molecule has 3 nitrogen and oxygen atoms in total. The molecule has 0 bridgehead atoms. The Hall–Kier alpha value is -1.46. The molecule has 0 saturated heterocycles. The first-order valence-corrected chi connectivity index (χ1v) is 6.61. The SMILES string of the molecule is CNC(C)c1ccc(F)cc1OCc1cscn1. The quantitative estimate of drug-likeness (QED) is 0.902. The molecule has 0 aliphatic rings. The predicted molar refractivity (Wildman–Crippen MR) is 70.3 cm³/mol. The van der Waals surface area contributed by atoms with Gasteiger partial charge in [-0.1, -0.05) is 6.07 Å². The molecule has 0 saturated carbocycles. The van der Waals surface area contributed by atoms with Crippen LogP contribution in [0.3, 0.4) is 0 Å². The second kappa shape index (κ2) is 5.93. The average molecular weight is 266 g/mol. The Morgan fingerprint density at radius 3 is 3.00 bits per heavy atom. The van der Waals surface area contributed by atoms with Crippen molar-refractivity contribution in [3.05, 3.63) is 46.2 Å². The van der Waals surface area contributed by atoms with Crippen molar-refractivity contribution < 1.29 is 9.13 Å². The topological polar surface area (TPSA) is 34.1 Å². The number of halogens is 1. The van der Waals surface area contributed by atoms with E-state index >= 15 is 0 Å². The number of rotatable bonds is 5. The lowest BCUT2D eigenvalue weighted by molar-refractivity contribution is 0.294. The summed E-state index contributed by atoms with van der Waals surface area (Å²) in [4.78, 5) is 4.13. The number of nitrogens with one attached hydrogen (secondary N) is 1. The maximum Gasteiger partial charge on any atom is 0.131 e. The van der Waals surface area contributed by atoms with E-state index in [9.17, 15) is 4.39 Å². The Morgan fingerprint density at radius 2 is 2.33 bits per heavy atom.